The molecule has 0 aliphatic carbocycles. The molecule has 0 amide bonds. The van der Waals surface area contributed by atoms with Gasteiger partial charge in [0.1, 0.15) is 6.61 Å². The second-order valence-electron chi connectivity index (χ2n) is 2.80. The average molecular weight is 194 g/mol. The van der Waals surface area contributed by atoms with Gasteiger partial charge in [-0.3, -0.25) is 0 Å². The second kappa shape index (κ2) is 5.85. The molecule has 4 nitrogen and oxygen atoms in total. The van der Waals surface area contributed by atoms with E-state index >= 15 is 0 Å². The Morgan fingerprint density at radius 2 is 2.00 bits per heavy atom. The molecule has 2 rings (SSSR count). The maximum atomic E-state index is 8.49. The van der Waals surface area contributed by atoms with Gasteiger partial charge in [0.15, 0.2) is 6.54 Å². The van der Waals surface area contributed by atoms with Crippen LogP contribution in [0, 0.1) is 0 Å². The Bertz CT molecular complexity index is 285. The van der Waals surface area contributed by atoms with E-state index in [1.165, 1.54) is 0 Å². The highest BCUT2D eigenvalue weighted by Gasteiger charge is 2.07. The molecule has 0 saturated heterocycles. The summed E-state index contributed by atoms with van der Waals surface area (Å²) >= 11 is 0. The van der Waals surface area contributed by atoms with Crippen LogP contribution in [0.3, 0.4) is 0 Å². The Kier molecular flexibility index (Phi) is 4.34. The molecule has 0 saturated carbocycles. The van der Waals surface area contributed by atoms with Crippen molar-refractivity contribution in [3.8, 4) is 0 Å². The van der Waals surface area contributed by atoms with Crippen LogP contribution in [0.15, 0.2) is 30.3 Å². The second-order valence-corrected chi connectivity index (χ2v) is 2.80. The molecule has 4 heteroatoms. The van der Waals surface area contributed by atoms with Gasteiger partial charge in [-0.25, -0.2) is 0 Å². The quantitative estimate of drug-likeness (QED) is 0.640. The third kappa shape index (κ3) is 4.35. The molecule has 0 spiro atoms. The molecule has 1 aromatic carbocycles. The molecule has 3 N–H and O–H groups in total. The predicted octanol–water partition coefficient (Wildman–Crippen LogP) is 0.772. The Hall–Kier alpha value is -1.71. The number of hydrogen-bond acceptors (Lipinski definition) is 1. The Balaban J connectivity index is 0.000000140. The Morgan fingerprint density at radius 1 is 1.29 bits per heavy atom. The van der Waals surface area contributed by atoms with Gasteiger partial charge in [-0.05, 0) is 0 Å². The van der Waals surface area contributed by atoms with Gasteiger partial charge in [-0.1, -0.05) is 30.3 Å². The smallest absolute Gasteiger partial charge is 0.545 e. The summed E-state index contributed by atoms with van der Waals surface area (Å²) in [5.74, 6) is 0. The first kappa shape index (κ1) is 10.4. The van der Waals surface area contributed by atoms with Gasteiger partial charge >= 0.3 is 6.08 Å². The van der Waals surface area contributed by atoms with E-state index < -0.39 is 0 Å². The summed E-state index contributed by atoms with van der Waals surface area (Å²) < 4.78 is 4.64. The molecule has 0 aromatic heterocycles. The monoisotopic (exact) mass is 194 g/mol. The van der Waals surface area contributed by atoms with E-state index in [0.717, 1.165) is 13.0 Å². The highest BCUT2D eigenvalue weighted by atomic mass is 16.6. The summed E-state index contributed by atoms with van der Waals surface area (Å²) in [6, 6.07) is 9.10. The van der Waals surface area contributed by atoms with Crippen molar-refractivity contribution in [2.24, 2.45) is 0 Å². The summed E-state index contributed by atoms with van der Waals surface area (Å²) in [4.78, 5) is 2.63. The number of aliphatic hydroxyl groups is 1. The van der Waals surface area contributed by atoms with E-state index in [4.69, 9.17) is 10.8 Å². The average Bonchev–Trinajstić information content (AvgIpc) is 2.21. The first-order valence-corrected chi connectivity index (χ1v) is 4.48. The minimum absolute atomic E-state index is 0.0359. The molecule has 14 heavy (non-hydrogen) atoms. The number of hydrogen-bond donors (Lipinski definition) is 2. The molecule has 0 unspecified atom stereocenters. The van der Waals surface area contributed by atoms with Crippen LogP contribution in [0.4, 0.5) is 5.69 Å². The van der Waals surface area contributed by atoms with Crippen molar-refractivity contribution in [2.45, 2.75) is 6.42 Å². The fourth-order valence-corrected chi connectivity index (χ4v) is 0.926. The minimum Gasteiger partial charge on any atom is -0.699 e. The molecule has 76 valence electrons. The molecular formula is C10H14N2O2. The molecule has 0 atom stereocenters. The van der Waals surface area contributed by atoms with E-state index in [0.29, 0.717) is 12.3 Å². The van der Waals surface area contributed by atoms with E-state index in [2.05, 4.69) is 9.73 Å². The molecule has 0 bridgehead atoms. The van der Waals surface area contributed by atoms with Gasteiger partial charge in [0.25, 0.3) is 0 Å². The van der Waals surface area contributed by atoms with Crippen LogP contribution in [0.5, 0.6) is 0 Å². The maximum Gasteiger partial charge on any atom is 0.545 e. The lowest BCUT2D eigenvalue weighted by atomic mass is 10.3. The number of rotatable bonds is 0. The maximum absolute atomic E-state index is 8.49. The molecular weight excluding hydrogens is 180 g/mol. The minimum atomic E-state index is -0.0359. The molecule has 0 fully saturated rings. The number of benzene rings is 1. The SMILES string of the molecule is OC1=[NH+]CCCO1.[NH-]c1ccccc1. The highest BCUT2D eigenvalue weighted by molar-refractivity contribution is 5.57. The zero-order chi connectivity index (χ0) is 10.2. The van der Waals surface area contributed by atoms with Crippen LogP contribution in [0.1, 0.15) is 6.42 Å². The van der Waals surface area contributed by atoms with Crippen molar-refractivity contribution in [1.82, 2.24) is 0 Å². The first-order chi connectivity index (χ1) is 6.79. The van der Waals surface area contributed by atoms with Crippen LogP contribution >= 0.6 is 0 Å². The number of aliphatic hydroxyl groups excluding tert-OH is 1. The zero-order valence-corrected chi connectivity index (χ0v) is 7.86. The van der Waals surface area contributed by atoms with Crippen LogP contribution in [-0.2, 0) is 4.74 Å². The Morgan fingerprint density at radius 3 is 2.29 bits per heavy atom. The zero-order valence-electron chi connectivity index (χ0n) is 7.86. The van der Waals surface area contributed by atoms with E-state index in [-0.39, 0.29) is 6.08 Å². The van der Waals surface area contributed by atoms with Gasteiger partial charge in [-0.15, -0.1) is 5.69 Å². The van der Waals surface area contributed by atoms with Crippen molar-refractivity contribution in [1.29, 1.82) is 0 Å². The molecule has 1 aromatic rings. The van der Waals surface area contributed by atoms with E-state index in [1.54, 1.807) is 12.1 Å². The van der Waals surface area contributed by atoms with Crippen LogP contribution in [-0.4, -0.2) is 24.3 Å². The summed E-state index contributed by atoms with van der Waals surface area (Å²) in [5, 5.41) is 8.49. The van der Waals surface area contributed by atoms with E-state index in [9.17, 15) is 0 Å². The van der Waals surface area contributed by atoms with Crippen LogP contribution in [0.25, 0.3) is 5.73 Å². The third-order valence-electron chi connectivity index (χ3n) is 1.61. The fourth-order valence-electron chi connectivity index (χ4n) is 0.926. The lowest BCUT2D eigenvalue weighted by Crippen LogP contribution is -2.75. The fraction of sp³-hybridized carbons (Fsp3) is 0.300. The molecule has 0 radical (unpaired) electrons. The van der Waals surface area contributed by atoms with E-state index in [1.807, 2.05) is 18.2 Å². The van der Waals surface area contributed by atoms with Gasteiger partial charge in [0.2, 0.25) is 0 Å². The highest BCUT2D eigenvalue weighted by Crippen LogP contribution is 2.05. The summed E-state index contributed by atoms with van der Waals surface area (Å²) in [6.45, 7) is 1.46. The van der Waals surface area contributed by atoms with Crippen molar-refractivity contribution < 1.29 is 14.8 Å². The van der Waals surface area contributed by atoms with Crippen molar-refractivity contribution >= 4 is 11.8 Å². The van der Waals surface area contributed by atoms with Crippen molar-refractivity contribution in [3.05, 3.63) is 36.1 Å². The van der Waals surface area contributed by atoms with Gasteiger partial charge < -0.3 is 15.6 Å². The lowest BCUT2D eigenvalue weighted by molar-refractivity contribution is -0.489. The summed E-state index contributed by atoms with van der Waals surface area (Å²) in [5.41, 5.74) is 7.57. The first-order valence-electron chi connectivity index (χ1n) is 4.48. The largest absolute Gasteiger partial charge is 0.699 e. The lowest BCUT2D eigenvalue weighted by Gasteiger charge is -1.99. The van der Waals surface area contributed by atoms with Gasteiger partial charge in [0.05, 0.1) is 0 Å². The van der Waals surface area contributed by atoms with Crippen molar-refractivity contribution in [3.63, 3.8) is 0 Å². The molecule has 1 heterocycles. The van der Waals surface area contributed by atoms with Gasteiger partial charge in [0, 0.05) is 6.42 Å². The topological polar surface area (TPSA) is 67.2 Å². The van der Waals surface area contributed by atoms with Crippen LogP contribution < -0.4 is 4.99 Å². The molecule has 1 aliphatic heterocycles. The predicted molar refractivity (Wildman–Crippen MR) is 54.5 cm³/mol. The van der Waals surface area contributed by atoms with Gasteiger partial charge in [-0.2, -0.15) is 4.99 Å². The van der Waals surface area contributed by atoms with Crippen molar-refractivity contribution in [2.75, 3.05) is 13.2 Å². The van der Waals surface area contributed by atoms with Crippen LogP contribution in [0.2, 0.25) is 0 Å². The Labute approximate surface area is 83.0 Å². The number of nitrogens with one attached hydrogen (secondary N) is 2. The third-order valence-corrected chi connectivity index (χ3v) is 1.61. The molecule has 1 aliphatic rings. The summed E-state index contributed by atoms with van der Waals surface area (Å²) in [7, 11) is 0. The summed E-state index contributed by atoms with van der Waals surface area (Å²) in [6.07, 6.45) is 0.940. The standard InChI is InChI=1S/C6H6N.C4H7NO2/c7-6-4-2-1-3-5-6;6-4-5-2-1-3-7-4/h1-5,7H;1-3H2,(H,5,6)/q-1;/p+1. The number of ether oxygens (including phenoxy) is 1. The normalized spacial score (nSPS) is 14.4.